The molecule has 0 aromatic heterocycles. The summed E-state index contributed by atoms with van der Waals surface area (Å²) in [4.78, 5) is 25.6. The van der Waals surface area contributed by atoms with Crippen molar-refractivity contribution in [1.82, 2.24) is 10.2 Å². The molecule has 0 aromatic carbocycles. The Morgan fingerprint density at radius 1 is 1.11 bits per heavy atom. The van der Waals surface area contributed by atoms with Crippen LogP contribution in [0.4, 0.5) is 0 Å². The highest BCUT2D eigenvalue weighted by atomic mass is 16.2. The maximum Gasteiger partial charge on any atom is 0.245 e. The number of hydrogen-bond acceptors (Lipinski definition) is 2. The van der Waals surface area contributed by atoms with Gasteiger partial charge in [-0.15, -0.1) is 0 Å². The van der Waals surface area contributed by atoms with Gasteiger partial charge in [-0.3, -0.25) is 9.59 Å². The third kappa shape index (κ3) is 3.28. The van der Waals surface area contributed by atoms with Crippen molar-refractivity contribution in [2.24, 2.45) is 11.8 Å². The maximum absolute atomic E-state index is 12.1. The minimum Gasteiger partial charge on any atom is -0.343 e. The maximum atomic E-state index is 12.1. The number of hydrogen-bond donors (Lipinski definition) is 1. The van der Waals surface area contributed by atoms with Gasteiger partial charge in [0.15, 0.2) is 0 Å². The van der Waals surface area contributed by atoms with Crippen LogP contribution in [0.2, 0.25) is 0 Å². The van der Waals surface area contributed by atoms with Gasteiger partial charge in [-0.05, 0) is 32.1 Å². The van der Waals surface area contributed by atoms with Gasteiger partial charge in [0.1, 0.15) is 12.1 Å². The molecule has 2 amide bonds. The molecule has 108 valence electrons. The van der Waals surface area contributed by atoms with Crippen LogP contribution in [0, 0.1) is 11.8 Å². The molecule has 2 unspecified atom stereocenters. The van der Waals surface area contributed by atoms with E-state index in [1.165, 1.54) is 25.7 Å². The highest BCUT2D eigenvalue weighted by Crippen LogP contribution is 2.30. The molecule has 1 saturated carbocycles. The SMILES string of the molecule is CC1CCC(CCN2C(=O)C(C)NC(=O)C2C)CC1. The average molecular weight is 266 g/mol. The molecule has 19 heavy (non-hydrogen) atoms. The van der Waals surface area contributed by atoms with Crippen LogP contribution in [-0.4, -0.2) is 35.3 Å². The van der Waals surface area contributed by atoms with E-state index in [1.807, 2.05) is 6.92 Å². The van der Waals surface area contributed by atoms with Crippen molar-refractivity contribution >= 4 is 11.8 Å². The first-order valence-electron chi connectivity index (χ1n) is 7.60. The summed E-state index contributed by atoms with van der Waals surface area (Å²) in [6, 6.07) is -0.679. The van der Waals surface area contributed by atoms with Crippen molar-refractivity contribution in [2.45, 2.75) is 65.0 Å². The second-order valence-corrected chi connectivity index (χ2v) is 6.35. The van der Waals surface area contributed by atoms with Crippen LogP contribution in [0.5, 0.6) is 0 Å². The lowest BCUT2D eigenvalue weighted by Crippen LogP contribution is -2.61. The van der Waals surface area contributed by atoms with E-state index >= 15 is 0 Å². The number of nitrogens with zero attached hydrogens (tertiary/aromatic N) is 1. The second kappa shape index (κ2) is 5.93. The Morgan fingerprint density at radius 2 is 1.74 bits per heavy atom. The van der Waals surface area contributed by atoms with Gasteiger partial charge in [0.05, 0.1) is 0 Å². The minimum absolute atomic E-state index is 0.0237. The molecule has 0 bridgehead atoms. The van der Waals surface area contributed by atoms with Crippen LogP contribution in [0.15, 0.2) is 0 Å². The molecule has 2 rings (SSSR count). The second-order valence-electron chi connectivity index (χ2n) is 6.35. The Hall–Kier alpha value is -1.06. The largest absolute Gasteiger partial charge is 0.343 e. The lowest BCUT2D eigenvalue weighted by molar-refractivity contribution is -0.148. The van der Waals surface area contributed by atoms with Crippen molar-refractivity contribution in [3.05, 3.63) is 0 Å². The van der Waals surface area contributed by atoms with Gasteiger partial charge in [0, 0.05) is 6.54 Å². The summed E-state index contributed by atoms with van der Waals surface area (Å²) in [5, 5.41) is 2.72. The zero-order valence-electron chi connectivity index (χ0n) is 12.3. The monoisotopic (exact) mass is 266 g/mol. The number of carbonyl (C=O) groups is 2. The molecule has 2 atom stereocenters. The summed E-state index contributed by atoms with van der Waals surface area (Å²) in [6.45, 7) is 6.64. The quantitative estimate of drug-likeness (QED) is 0.848. The Labute approximate surface area is 115 Å². The van der Waals surface area contributed by atoms with E-state index in [4.69, 9.17) is 0 Å². The van der Waals surface area contributed by atoms with Crippen LogP contribution >= 0.6 is 0 Å². The van der Waals surface area contributed by atoms with Gasteiger partial charge in [-0.2, -0.15) is 0 Å². The number of nitrogens with one attached hydrogen (secondary N) is 1. The summed E-state index contributed by atoms with van der Waals surface area (Å²) in [6.07, 6.45) is 6.22. The molecular formula is C15H26N2O2. The fourth-order valence-electron chi connectivity index (χ4n) is 3.22. The molecule has 1 aliphatic heterocycles. The van der Waals surface area contributed by atoms with E-state index in [0.717, 1.165) is 24.8 Å². The van der Waals surface area contributed by atoms with E-state index < -0.39 is 0 Å². The Balaban J connectivity index is 1.86. The van der Waals surface area contributed by atoms with E-state index in [1.54, 1.807) is 11.8 Å². The zero-order chi connectivity index (χ0) is 14.0. The Kier molecular flexibility index (Phi) is 4.48. The number of piperazine rings is 1. The van der Waals surface area contributed by atoms with Gasteiger partial charge < -0.3 is 10.2 Å². The Bertz CT molecular complexity index is 348. The molecule has 2 fully saturated rings. The van der Waals surface area contributed by atoms with Crippen molar-refractivity contribution < 1.29 is 9.59 Å². The van der Waals surface area contributed by atoms with Crippen LogP contribution < -0.4 is 5.32 Å². The first-order valence-corrected chi connectivity index (χ1v) is 7.60. The fraction of sp³-hybridized carbons (Fsp3) is 0.867. The molecule has 0 spiro atoms. The molecule has 1 heterocycles. The molecule has 4 heteroatoms. The highest BCUT2D eigenvalue weighted by molar-refractivity contribution is 5.96. The zero-order valence-corrected chi connectivity index (χ0v) is 12.3. The molecule has 0 aromatic rings. The summed E-state index contributed by atoms with van der Waals surface area (Å²) in [5.41, 5.74) is 0. The van der Waals surface area contributed by atoms with Gasteiger partial charge in [0.25, 0.3) is 0 Å². The summed E-state index contributed by atoms with van der Waals surface area (Å²) >= 11 is 0. The van der Waals surface area contributed by atoms with Gasteiger partial charge in [0.2, 0.25) is 11.8 Å². The number of amides is 2. The van der Waals surface area contributed by atoms with E-state index in [-0.39, 0.29) is 23.9 Å². The van der Waals surface area contributed by atoms with Crippen LogP contribution in [0.25, 0.3) is 0 Å². The van der Waals surface area contributed by atoms with Gasteiger partial charge in [-0.25, -0.2) is 0 Å². The van der Waals surface area contributed by atoms with E-state index in [2.05, 4.69) is 12.2 Å². The molecule has 2 aliphatic rings. The lowest BCUT2D eigenvalue weighted by Gasteiger charge is -2.37. The van der Waals surface area contributed by atoms with Crippen LogP contribution in [-0.2, 0) is 9.59 Å². The third-order valence-electron chi connectivity index (χ3n) is 4.77. The predicted octanol–water partition coefficient (Wildman–Crippen LogP) is 1.94. The molecule has 0 radical (unpaired) electrons. The number of carbonyl (C=O) groups excluding carboxylic acids is 2. The van der Waals surface area contributed by atoms with E-state index in [0.29, 0.717) is 0 Å². The lowest BCUT2D eigenvalue weighted by atomic mass is 9.81. The van der Waals surface area contributed by atoms with Crippen molar-refractivity contribution in [1.29, 1.82) is 0 Å². The molecule has 1 saturated heterocycles. The minimum atomic E-state index is -0.366. The van der Waals surface area contributed by atoms with Crippen LogP contribution in [0.3, 0.4) is 0 Å². The topological polar surface area (TPSA) is 49.4 Å². The van der Waals surface area contributed by atoms with E-state index in [9.17, 15) is 9.59 Å². The fourth-order valence-corrected chi connectivity index (χ4v) is 3.22. The summed E-state index contributed by atoms with van der Waals surface area (Å²) in [7, 11) is 0. The summed E-state index contributed by atoms with van der Waals surface area (Å²) < 4.78 is 0. The molecule has 1 N–H and O–H groups in total. The molecule has 4 nitrogen and oxygen atoms in total. The third-order valence-corrected chi connectivity index (χ3v) is 4.77. The summed E-state index contributed by atoms with van der Waals surface area (Å²) in [5.74, 6) is 1.63. The number of rotatable bonds is 3. The van der Waals surface area contributed by atoms with Crippen molar-refractivity contribution in [3.63, 3.8) is 0 Å². The highest BCUT2D eigenvalue weighted by Gasteiger charge is 2.35. The smallest absolute Gasteiger partial charge is 0.245 e. The van der Waals surface area contributed by atoms with Crippen molar-refractivity contribution in [3.8, 4) is 0 Å². The first kappa shape index (κ1) is 14.4. The predicted molar refractivity (Wildman–Crippen MR) is 74.5 cm³/mol. The normalized spacial score (nSPS) is 36.3. The van der Waals surface area contributed by atoms with Gasteiger partial charge >= 0.3 is 0 Å². The van der Waals surface area contributed by atoms with Crippen molar-refractivity contribution in [2.75, 3.05) is 6.54 Å². The van der Waals surface area contributed by atoms with Gasteiger partial charge in [-0.1, -0.05) is 32.6 Å². The first-order chi connectivity index (χ1) is 8.99. The Morgan fingerprint density at radius 3 is 2.37 bits per heavy atom. The molecule has 1 aliphatic carbocycles. The average Bonchev–Trinajstić information content (AvgIpc) is 2.38. The van der Waals surface area contributed by atoms with Crippen LogP contribution in [0.1, 0.15) is 52.9 Å². The molecular weight excluding hydrogens is 240 g/mol. The standard InChI is InChI=1S/C15H26N2O2/c1-10-4-6-13(7-5-10)8-9-17-12(3)14(18)16-11(2)15(17)19/h10-13H,4-9H2,1-3H3,(H,16,18).